The predicted molar refractivity (Wildman–Crippen MR) is 70.9 cm³/mol. The summed E-state index contributed by atoms with van der Waals surface area (Å²) in [6.07, 6.45) is 0. The van der Waals surface area contributed by atoms with Crippen molar-refractivity contribution in [2.75, 3.05) is 18.1 Å². The van der Waals surface area contributed by atoms with Crippen LogP contribution in [-0.2, 0) is 19.1 Å². The van der Waals surface area contributed by atoms with Crippen molar-refractivity contribution in [1.82, 2.24) is 0 Å². The fraction of sp³-hybridized carbons (Fsp3) is 0.286. The molecule has 1 aromatic rings. The summed E-state index contributed by atoms with van der Waals surface area (Å²) in [5.74, 6) is -4.54. The number of amides is 1. The molecule has 110 valence electrons. The van der Waals surface area contributed by atoms with Gasteiger partial charge in [-0.15, -0.1) is 0 Å². The van der Waals surface area contributed by atoms with Gasteiger partial charge in [-0.05, 0) is 31.2 Å². The Bertz CT molecular complexity index is 606. The van der Waals surface area contributed by atoms with E-state index in [9.17, 15) is 19.2 Å². The topological polar surface area (TPSA) is 101 Å². The number of carboxylic acid groups (broad SMARTS) is 1. The first-order valence-electron chi connectivity index (χ1n) is 6.31. The van der Waals surface area contributed by atoms with Crippen LogP contribution >= 0.6 is 0 Å². The van der Waals surface area contributed by atoms with Gasteiger partial charge in [-0.25, -0.2) is 4.79 Å². The molecule has 1 atom stereocenters. The molecule has 2 rings (SSSR count). The van der Waals surface area contributed by atoms with E-state index in [-0.39, 0.29) is 18.7 Å². The van der Waals surface area contributed by atoms with Crippen LogP contribution in [0.25, 0.3) is 0 Å². The number of carboxylic acids is 1. The van der Waals surface area contributed by atoms with Crippen LogP contribution in [0.1, 0.15) is 17.3 Å². The normalized spacial score (nSPS) is 18.0. The summed E-state index contributed by atoms with van der Waals surface area (Å²) in [6.45, 7) is 1.65. The van der Waals surface area contributed by atoms with Crippen molar-refractivity contribution in [3.63, 3.8) is 0 Å². The molecule has 1 aliphatic heterocycles. The monoisotopic (exact) mass is 291 g/mol. The van der Waals surface area contributed by atoms with Gasteiger partial charge in [0.15, 0.2) is 0 Å². The van der Waals surface area contributed by atoms with Crippen molar-refractivity contribution in [3.8, 4) is 0 Å². The third-order valence-electron chi connectivity index (χ3n) is 3.13. The van der Waals surface area contributed by atoms with E-state index >= 15 is 0 Å². The average Bonchev–Trinajstić information content (AvgIpc) is 2.76. The van der Waals surface area contributed by atoms with Crippen molar-refractivity contribution in [2.45, 2.75) is 6.92 Å². The maximum absolute atomic E-state index is 11.9. The highest BCUT2D eigenvalue weighted by Gasteiger charge is 2.44. The SMILES string of the molecule is CCOC(=O)C1CN(c2ccc(C(=O)O)cc2)C(=O)C1=O. The number of Topliss-reactive ketones (excluding diaryl/α,β-unsaturated/α-hetero) is 1. The highest BCUT2D eigenvalue weighted by atomic mass is 16.5. The lowest BCUT2D eigenvalue weighted by Gasteiger charge is -2.15. The fourth-order valence-corrected chi connectivity index (χ4v) is 2.06. The minimum Gasteiger partial charge on any atom is -0.478 e. The number of aromatic carboxylic acids is 1. The van der Waals surface area contributed by atoms with Gasteiger partial charge in [-0.3, -0.25) is 14.4 Å². The van der Waals surface area contributed by atoms with Crippen LogP contribution in [0, 0.1) is 5.92 Å². The Labute approximate surface area is 120 Å². The average molecular weight is 291 g/mol. The quantitative estimate of drug-likeness (QED) is 0.492. The van der Waals surface area contributed by atoms with Crippen LogP contribution in [0.3, 0.4) is 0 Å². The second-order valence-corrected chi connectivity index (χ2v) is 4.44. The minimum atomic E-state index is -1.13. The van der Waals surface area contributed by atoms with Crippen LogP contribution in [0.4, 0.5) is 5.69 Å². The maximum Gasteiger partial charge on any atom is 0.335 e. The zero-order chi connectivity index (χ0) is 15.6. The first-order valence-corrected chi connectivity index (χ1v) is 6.31. The zero-order valence-corrected chi connectivity index (χ0v) is 11.2. The fourth-order valence-electron chi connectivity index (χ4n) is 2.06. The van der Waals surface area contributed by atoms with Crippen LogP contribution in [-0.4, -0.2) is 41.9 Å². The molecular weight excluding hydrogens is 278 g/mol. The van der Waals surface area contributed by atoms with Gasteiger partial charge in [0.1, 0.15) is 5.92 Å². The Hall–Kier alpha value is -2.70. The third kappa shape index (κ3) is 2.76. The van der Waals surface area contributed by atoms with Gasteiger partial charge in [-0.1, -0.05) is 0 Å². The van der Waals surface area contributed by atoms with Crippen molar-refractivity contribution in [2.24, 2.45) is 5.92 Å². The van der Waals surface area contributed by atoms with Gasteiger partial charge in [0.25, 0.3) is 5.91 Å². The highest BCUT2D eigenvalue weighted by Crippen LogP contribution is 2.24. The second kappa shape index (κ2) is 5.74. The highest BCUT2D eigenvalue weighted by molar-refractivity contribution is 6.47. The summed E-state index contributed by atoms with van der Waals surface area (Å²) in [5.41, 5.74) is 0.434. The molecule has 0 aliphatic carbocycles. The standard InChI is InChI=1S/C14H13NO6/c1-2-21-14(20)10-7-15(12(17)11(10)16)9-5-3-8(4-6-9)13(18)19/h3-6,10H,2,7H2,1H3,(H,18,19). The van der Waals surface area contributed by atoms with Crippen molar-refractivity contribution < 1.29 is 29.0 Å². The minimum absolute atomic E-state index is 0.0682. The van der Waals surface area contributed by atoms with Gasteiger partial charge in [0.05, 0.1) is 12.2 Å². The molecule has 0 radical (unpaired) electrons. The lowest BCUT2D eigenvalue weighted by molar-refractivity contribution is -0.151. The van der Waals surface area contributed by atoms with Gasteiger partial charge in [0.2, 0.25) is 5.78 Å². The van der Waals surface area contributed by atoms with E-state index in [4.69, 9.17) is 9.84 Å². The molecule has 7 nitrogen and oxygen atoms in total. The number of anilines is 1. The molecule has 0 aromatic heterocycles. The second-order valence-electron chi connectivity index (χ2n) is 4.44. The summed E-state index contributed by atoms with van der Waals surface area (Å²) in [7, 11) is 0. The number of carbonyl (C=O) groups is 4. The number of esters is 1. The summed E-state index contributed by atoms with van der Waals surface area (Å²) < 4.78 is 4.76. The zero-order valence-electron chi connectivity index (χ0n) is 11.2. The van der Waals surface area contributed by atoms with Crippen molar-refractivity contribution in [1.29, 1.82) is 0 Å². The number of rotatable bonds is 4. The van der Waals surface area contributed by atoms with Crippen molar-refractivity contribution in [3.05, 3.63) is 29.8 Å². The van der Waals surface area contributed by atoms with Gasteiger partial charge < -0.3 is 14.7 Å². The number of benzene rings is 1. The predicted octanol–water partition coefficient (Wildman–Crippen LogP) is 0.480. The molecule has 1 heterocycles. The van der Waals surface area contributed by atoms with Gasteiger partial charge in [0, 0.05) is 12.2 Å². The van der Waals surface area contributed by atoms with Gasteiger partial charge in [-0.2, -0.15) is 0 Å². The molecule has 1 unspecified atom stereocenters. The van der Waals surface area contributed by atoms with E-state index < -0.39 is 29.5 Å². The summed E-state index contributed by atoms with van der Waals surface area (Å²) in [6, 6.07) is 5.49. The number of nitrogens with zero attached hydrogens (tertiary/aromatic N) is 1. The van der Waals surface area contributed by atoms with Crippen molar-refractivity contribution >= 4 is 29.3 Å². The molecule has 7 heteroatoms. The lowest BCUT2D eigenvalue weighted by Crippen LogP contribution is -2.26. The van der Waals surface area contributed by atoms with Gasteiger partial charge >= 0.3 is 11.9 Å². The smallest absolute Gasteiger partial charge is 0.335 e. The molecule has 0 spiro atoms. The third-order valence-corrected chi connectivity index (χ3v) is 3.13. The van der Waals surface area contributed by atoms with E-state index in [1.807, 2.05) is 0 Å². The summed E-state index contributed by atoms with van der Waals surface area (Å²) in [4.78, 5) is 47.2. The summed E-state index contributed by atoms with van der Waals surface area (Å²) in [5, 5.41) is 8.81. The van der Waals surface area contributed by atoms with Crippen LogP contribution in [0.15, 0.2) is 24.3 Å². The maximum atomic E-state index is 11.9. The molecule has 1 fully saturated rings. The number of hydrogen-bond acceptors (Lipinski definition) is 5. The van der Waals surface area contributed by atoms with E-state index in [1.165, 1.54) is 24.3 Å². The molecular formula is C14H13NO6. The summed E-state index contributed by atoms with van der Waals surface area (Å²) >= 11 is 0. The van der Waals surface area contributed by atoms with E-state index in [0.29, 0.717) is 5.69 Å². The number of carbonyl (C=O) groups excluding carboxylic acids is 3. The molecule has 1 aliphatic rings. The molecule has 1 aromatic carbocycles. The molecule has 1 N–H and O–H groups in total. The van der Waals surface area contributed by atoms with E-state index in [0.717, 1.165) is 4.90 Å². The van der Waals surface area contributed by atoms with Crippen LogP contribution in [0.2, 0.25) is 0 Å². The Morgan fingerprint density at radius 1 is 1.29 bits per heavy atom. The Balaban J connectivity index is 2.21. The van der Waals surface area contributed by atoms with E-state index in [1.54, 1.807) is 6.92 Å². The van der Waals surface area contributed by atoms with Crippen LogP contribution < -0.4 is 4.90 Å². The van der Waals surface area contributed by atoms with Crippen LogP contribution in [0.5, 0.6) is 0 Å². The molecule has 1 amide bonds. The molecule has 0 bridgehead atoms. The molecule has 0 saturated carbocycles. The molecule has 21 heavy (non-hydrogen) atoms. The Morgan fingerprint density at radius 3 is 2.43 bits per heavy atom. The Morgan fingerprint density at radius 2 is 1.90 bits per heavy atom. The largest absolute Gasteiger partial charge is 0.478 e. The lowest BCUT2D eigenvalue weighted by atomic mass is 10.1. The molecule has 1 saturated heterocycles. The number of ketones is 1. The van der Waals surface area contributed by atoms with E-state index in [2.05, 4.69) is 0 Å². The first kappa shape index (κ1) is 14.7. The number of hydrogen-bond donors (Lipinski definition) is 1. The Kier molecular flexibility index (Phi) is 4.02. The first-order chi connectivity index (χ1) is 9.95. The number of ether oxygens (including phenoxy) is 1.